The highest BCUT2D eigenvalue weighted by Crippen LogP contribution is 2.26. The van der Waals surface area contributed by atoms with E-state index in [1.54, 1.807) is 6.33 Å². The molecular weight excluding hydrogens is 386 g/mol. The van der Waals surface area contributed by atoms with E-state index >= 15 is 0 Å². The van der Waals surface area contributed by atoms with Crippen LogP contribution in [0.4, 0.5) is 11.5 Å². The van der Waals surface area contributed by atoms with Crippen LogP contribution < -0.4 is 20.4 Å². The first-order chi connectivity index (χ1) is 15.0. The molecule has 4 aromatic rings. The van der Waals surface area contributed by atoms with Gasteiger partial charge in [-0.3, -0.25) is 4.99 Å². The summed E-state index contributed by atoms with van der Waals surface area (Å²) >= 11 is 0. The fraction of sp³-hybridized carbons (Fsp3) is 0.250. The number of anilines is 2. The van der Waals surface area contributed by atoms with E-state index in [1.807, 2.05) is 25.3 Å². The van der Waals surface area contributed by atoms with Gasteiger partial charge in [-0.2, -0.15) is 0 Å². The first kappa shape index (κ1) is 19.2. The van der Waals surface area contributed by atoms with Gasteiger partial charge >= 0.3 is 0 Å². The standard InChI is InChI=1S/C24H25N7/c1-16-9-7-10-19-18(16)12-31(20-11-6-5-8-17(20)2)21(28-19)13-30-15-27-22-23(29(3)4)25-14-26-24(22)30/h5-12,14-15,21H,13H2,1-4H3. The molecule has 31 heavy (non-hydrogen) atoms. The largest absolute Gasteiger partial charge is 0.361 e. The van der Waals surface area contributed by atoms with Crippen molar-refractivity contribution in [1.29, 1.82) is 0 Å². The number of imidazole rings is 1. The Hall–Kier alpha value is -3.74. The number of nitrogens with zero attached hydrogens (tertiary/aromatic N) is 7. The van der Waals surface area contributed by atoms with Crippen molar-refractivity contribution in [3.8, 4) is 0 Å². The summed E-state index contributed by atoms with van der Waals surface area (Å²) in [7, 11) is 3.93. The highest BCUT2D eigenvalue weighted by Gasteiger charge is 2.23. The molecule has 0 bridgehead atoms. The molecule has 0 N–H and O–H groups in total. The summed E-state index contributed by atoms with van der Waals surface area (Å²) in [6.45, 7) is 4.89. The van der Waals surface area contributed by atoms with Gasteiger partial charge in [-0.15, -0.1) is 0 Å². The van der Waals surface area contributed by atoms with Gasteiger partial charge in [0, 0.05) is 31.2 Å². The van der Waals surface area contributed by atoms with Crippen molar-refractivity contribution in [3.05, 3.63) is 76.8 Å². The van der Waals surface area contributed by atoms with Gasteiger partial charge in [0.05, 0.1) is 18.2 Å². The maximum atomic E-state index is 5.14. The SMILES string of the molecule is Cc1ccccc1N1C=c2c(C)cccc2=NC1Cn1cnc2c(N(C)C)ncnc21. The van der Waals surface area contributed by atoms with E-state index in [2.05, 4.69) is 86.9 Å². The minimum Gasteiger partial charge on any atom is -0.361 e. The van der Waals surface area contributed by atoms with Gasteiger partial charge in [-0.25, -0.2) is 15.0 Å². The van der Waals surface area contributed by atoms with Crippen molar-refractivity contribution in [2.45, 2.75) is 26.6 Å². The summed E-state index contributed by atoms with van der Waals surface area (Å²) in [4.78, 5) is 22.9. The third-order valence-electron chi connectivity index (χ3n) is 5.74. The van der Waals surface area contributed by atoms with Gasteiger partial charge in [-0.1, -0.05) is 30.3 Å². The van der Waals surface area contributed by atoms with Crippen LogP contribution in [0.5, 0.6) is 0 Å². The number of aromatic nitrogens is 4. The molecule has 156 valence electrons. The number of para-hydroxylation sites is 1. The molecule has 1 aliphatic heterocycles. The molecule has 0 fully saturated rings. The van der Waals surface area contributed by atoms with Gasteiger partial charge in [0.25, 0.3) is 0 Å². The van der Waals surface area contributed by atoms with Crippen LogP contribution in [0.1, 0.15) is 11.1 Å². The Kier molecular flexibility index (Phi) is 4.66. The molecule has 3 heterocycles. The van der Waals surface area contributed by atoms with Crippen molar-refractivity contribution >= 4 is 28.9 Å². The van der Waals surface area contributed by atoms with Crippen LogP contribution in [0, 0.1) is 13.8 Å². The van der Waals surface area contributed by atoms with Crippen LogP contribution in [-0.4, -0.2) is 39.8 Å². The monoisotopic (exact) mass is 411 g/mol. The van der Waals surface area contributed by atoms with Gasteiger partial charge in [0.2, 0.25) is 0 Å². The number of benzene rings is 2. The molecule has 0 saturated heterocycles. The molecular formula is C24H25N7. The summed E-state index contributed by atoms with van der Waals surface area (Å²) in [5.41, 5.74) is 5.19. The Morgan fingerprint density at radius 1 is 0.935 bits per heavy atom. The van der Waals surface area contributed by atoms with Gasteiger partial charge in [0.1, 0.15) is 12.5 Å². The van der Waals surface area contributed by atoms with Crippen molar-refractivity contribution in [3.63, 3.8) is 0 Å². The highest BCUT2D eigenvalue weighted by molar-refractivity contribution is 5.83. The summed E-state index contributed by atoms with van der Waals surface area (Å²) in [5, 5.41) is 2.18. The minimum atomic E-state index is -0.120. The Balaban J connectivity index is 1.64. The molecule has 7 heteroatoms. The number of fused-ring (bicyclic) bond motifs is 2. The second-order valence-electron chi connectivity index (χ2n) is 8.10. The van der Waals surface area contributed by atoms with E-state index in [9.17, 15) is 0 Å². The summed E-state index contributed by atoms with van der Waals surface area (Å²) in [5.74, 6) is 0.813. The maximum absolute atomic E-state index is 5.14. The molecule has 2 aromatic carbocycles. The number of rotatable bonds is 4. The number of hydrogen-bond acceptors (Lipinski definition) is 6. The first-order valence-corrected chi connectivity index (χ1v) is 10.4. The molecule has 2 aromatic heterocycles. The van der Waals surface area contributed by atoms with Crippen LogP contribution in [-0.2, 0) is 6.54 Å². The van der Waals surface area contributed by atoms with Crippen molar-refractivity contribution in [1.82, 2.24) is 19.5 Å². The van der Waals surface area contributed by atoms with Crippen molar-refractivity contribution in [2.24, 2.45) is 4.99 Å². The Morgan fingerprint density at radius 2 is 1.74 bits per heavy atom. The molecule has 1 aliphatic rings. The molecule has 5 rings (SSSR count). The molecule has 0 aliphatic carbocycles. The first-order valence-electron chi connectivity index (χ1n) is 10.4. The lowest BCUT2D eigenvalue weighted by atomic mass is 10.1. The molecule has 7 nitrogen and oxygen atoms in total. The van der Waals surface area contributed by atoms with Gasteiger partial charge < -0.3 is 14.4 Å². The summed E-state index contributed by atoms with van der Waals surface area (Å²) in [6, 6.07) is 14.7. The van der Waals surface area contributed by atoms with Crippen LogP contribution >= 0.6 is 0 Å². The number of hydrogen-bond donors (Lipinski definition) is 0. The normalized spacial score (nSPS) is 15.4. The molecule has 0 amide bonds. The minimum absolute atomic E-state index is 0.120. The van der Waals surface area contributed by atoms with E-state index in [0.29, 0.717) is 6.54 Å². The zero-order valence-corrected chi connectivity index (χ0v) is 18.2. The Bertz CT molecular complexity index is 1390. The molecule has 1 unspecified atom stereocenters. The summed E-state index contributed by atoms with van der Waals surface area (Å²) < 4.78 is 2.07. The highest BCUT2D eigenvalue weighted by atomic mass is 15.3. The molecule has 0 saturated carbocycles. The second kappa shape index (κ2) is 7.50. The predicted molar refractivity (Wildman–Crippen MR) is 124 cm³/mol. The van der Waals surface area contributed by atoms with Crippen LogP contribution in [0.15, 0.2) is 60.1 Å². The van der Waals surface area contributed by atoms with Crippen molar-refractivity contribution in [2.75, 3.05) is 23.9 Å². The molecule has 0 radical (unpaired) electrons. The van der Waals surface area contributed by atoms with Crippen molar-refractivity contribution < 1.29 is 0 Å². The third-order valence-corrected chi connectivity index (χ3v) is 5.74. The average Bonchev–Trinajstić information content (AvgIpc) is 3.17. The van der Waals surface area contributed by atoms with E-state index in [0.717, 1.165) is 33.2 Å². The van der Waals surface area contributed by atoms with E-state index in [1.165, 1.54) is 11.1 Å². The van der Waals surface area contributed by atoms with Crippen LogP contribution in [0.2, 0.25) is 0 Å². The predicted octanol–water partition coefficient (Wildman–Crippen LogP) is 2.41. The lowest BCUT2D eigenvalue weighted by molar-refractivity contribution is 0.556. The topological polar surface area (TPSA) is 62.4 Å². The zero-order valence-electron chi connectivity index (χ0n) is 18.2. The maximum Gasteiger partial charge on any atom is 0.165 e. The summed E-state index contributed by atoms with van der Waals surface area (Å²) in [6.07, 6.45) is 5.54. The fourth-order valence-corrected chi connectivity index (χ4v) is 4.11. The smallest absolute Gasteiger partial charge is 0.165 e. The molecule has 1 atom stereocenters. The van der Waals surface area contributed by atoms with E-state index in [-0.39, 0.29) is 6.17 Å². The molecule has 0 spiro atoms. The Labute approximate surface area is 181 Å². The fourth-order valence-electron chi connectivity index (χ4n) is 4.11. The Morgan fingerprint density at radius 3 is 2.55 bits per heavy atom. The lowest BCUT2D eigenvalue weighted by Crippen LogP contribution is -2.45. The quantitative estimate of drug-likeness (QED) is 0.516. The zero-order chi connectivity index (χ0) is 21.5. The third kappa shape index (κ3) is 3.32. The number of aryl methyl sites for hydroxylation is 2. The van der Waals surface area contributed by atoms with E-state index in [4.69, 9.17) is 4.99 Å². The van der Waals surface area contributed by atoms with Crippen LogP contribution in [0.25, 0.3) is 17.4 Å². The second-order valence-corrected chi connectivity index (χ2v) is 8.10. The van der Waals surface area contributed by atoms with E-state index < -0.39 is 0 Å². The van der Waals surface area contributed by atoms with Crippen LogP contribution in [0.3, 0.4) is 0 Å². The van der Waals surface area contributed by atoms with Gasteiger partial charge in [-0.05, 0) is 37.1 Å². The lowest BCUT2D eigenvalue weighted by Gasteiger charge is -2.31. The average molecular weight is 412 g/mol. The van der Waals surface area contributed by atoms with Gasteiger partial charge in [0.15, 0.2) is 17.0 Å².